The first-order chi connectivity index (χ1) is 18.1. The predicted molar refractivity (Wildman–Crippen MR) is 134 cm³/mol. The molecule has 0 bridgehead atoms. The van der Waals surface area contributed by atoms with Gasteiger partial charge in [-0.25, -0.2) is 14.5 Å². The SMILES string of the molecule is CON=C(C(=O)NC1C(=O)N2C(C(=O)O)=C(CSc3nnnn3CC(N)C(=O)O)CS[C@@H]12)c1csc(N)n1. The summed E-state index contributed by atoms with van der Waals surface area (Å²) in [6.45, 7) is -0.180. The number of hydrogen-bond acceptors (Lipinski definition) is 15. The number of β-lactam (4-membered cyclic amide) rings is 1. The van der Waals surface area contributed by atoms with Gasteiger partial charge in [0, 0.05) is 16.9 Å². The van der Waals surface area contributed by atoms with Crippen molar-refractivity contribution in [3.05, 3.63) is 22.3 Å². The van der Waals surface area contributed by atoms with E-state index in [9.17, 15) is 24.3 Å². The number of oxime groups is 1. The highest BCUT2D eigenvalue weighted by Crippen LogP contribution is 2.41. The molecule has 4 heterocycles. The topological polar surface area (TPSA) is 254 Å². The lowest BCUT2D eigenvalue weighted by atomic mass is 10.0. The number of aliphatic carboxylic acids is 2. The maximum atomic E-state index is 13.0. The van der Waals surface area contributed by atoms with Crippen molar-refractivity contribution in [2.45, 2.75) is 29.2 Å². The third kappa shape index (κ3) is 5.42. The summed E-state index contributed by atoms with van der Waals surface area (Å²) >= 11 is 3.44. The van der Waals surface area contributed by atoms with Crippen LogP contribution in [0.25, 0.3) is 0 Å². The van der Waals surface area contributed by atoms with E-state index in [2.05, 4.69) is 31.0 Å². The van der Waals surface area contributed by atoms with Gasteiger partial charge in [0.2, 0.25) is 5.16 Å². The van der Waals surface area contributed by atoms with Crippen molar-refractivity contribution < 1.29 is 34.2 Å². The largest absolute Gasteiger partial charge is 0.480 e. The standard InChI is InChI=1S/C18H20N10O7S3/c1-35-24-9(8-5-37-17(20)21-8)12(29)22-10-13(30)28-11(16(33)34)6(3-36-14(10)28)4-38-18-23-25-26-27(18)2-7(19)15(31)32/h5,7,10,14H,2-4,19H2,1H3,(H2,20,21)(H,22,29)(H,31,32)(H,33,34)/t7?,10?,14-/m0/s1. The highest BCUT2D eigenvalue weighted by Gasteiger charge is 2.54. The quantitative estimate of drug-likeness (QED) is 0.0828. The van der Waals surface area contributed by atoms with Crippen LogP contribution in [0.2, 0.25) is 0 Å². The number of hydrogen-bond donors (Lipinski definition) is 5. The average molecular weight is 585 g/mol. The number of nitrogens with zero attached hydrogens (tertiary/aromatic N) is 7. The van der Waals surface area contributed by atoms with Crippen LogP contribution in [0, 0.1) is 0 Å². The molecule has 4 rings (SSSR count). The lowest BCUT2D eigenvalue weighted by Gasteiger charge is -2.49. The van der Waals surface area contributed by atoms with Crippen molar-refractivity contribution in [2.75, 3.05) is 24.3 Å². The summed E-state index contributed by atoms with van der Waals surface area (Å²) in [4.78, 5) is 58.8. The van der Waals surface area contributed by atoms with Crippen LogP contribution in [0.1, 0.15) is 5.69 Å². The summed E-state index contributed by atoms with van der Waals surface area (Å²) in [6.07, 6.45) is 0. The van der Waals surface area contributed by atoms with Gasteiger partial charge in [-0.3, -0.25) is 19.3 Å². The number of amides is 2. The zero-order chi connectivity index (χ0) is 27.6. The van der Waals surface area contributed by atoms with E-state index in [1.807, 2.05) is 0 Å². The third-order valence-corrected chi connectivity index (χ3v) is 8.32. The average Bonchev–Trinajstić information content (AvgIpc) is 3.51. The van der Waals surface area contributed by atoms with Gasteiger partial charge in [0.15, 0.2) is 10.8 Å². The maximum absolute atomic E-state index is 13.0. The zero-order valence-corrected chi connectivity index (χ0v) is 21.8. The van der Waals surface area contributed by atoms with E-state index in [0.29, 0.717) is 5.57 Å². The molecule has 0 aromatic carbocycles. The van der Waals surface area contributed by atoms with Crippen LogP contribution >= 0.6 is 34.9 Å². The maximum Gasteiger partial charge on any atom is 0.352 e. The summed E-state index contributed by atoms with van der Waals surface area (Å²) in [7, 11) is 1.25. The summed E-state index contributed by atoms with van der Waals surface area (Å²) < 4.78 is 1.21. The predicted octanol–water partition coefficient (Wildman–Crippen LogP) is -1.99. The van der Waals surface area contributed by atoms with Crippen LogP contribution in [0.5, 0.6) is 0 Å². The molecule has 7 N–H and O–H groups in total. The fourth-order valence-corrected chi connectivity index (χ4v) is 6.45. The molecular formula is C18H20N10O7S3. The molecule has 0 aliphatic carbocycles. The number of nitrogens with one attached hydrogen (secondary N) is 1. The van der Waals surface area contributed by atoms with Crippen molar-refractivity contribution in [2.24, 2.45) is 10.9 Å². The summed E-state index contributed by atoms with van der Waals surface area (Å²) in [5.74, 6) is -3.52. The Balaban J connectivity index is 1.47. The van der Waals surface area contributed by atoms with Gasteiger partial charge in [-0.2, -0.15) is 0 Å². The minimum atomic E-state index is -1.31. The van der Waals surface area contributed by atoms with E-state index in [4.69, 9.17) is 21.4 Å². The number of fused-ring (bicyclic) bond motifs is 1. The molecule has 2 aliphatic heterocycles. The molecule has 38 heavy (non-hydrogen) atoms. The second kappa shape index (κ2) is 11.3. The van der Waals surface area contributed by atoms with Crippen LogP contribution in [0.3, 0.4) is 0 Å². The zero-order valence-electron chi connectivity index (χ0n) is 19.4. The number of rotatable bonds is 11. The molecule has 2 aromatic heterocycles. The van der Waals surface area contributed by atoms with Crippen molar-refractivity contribution in [3.8, 4) is 0 Å². The fourth-order valence-electron chi connectivity index (χ4n) is 3.53. The molecule has 202 valence electrons. The summed E-state index contributed by atoms with van der Waals surface area (Å²) in [5.41, 5.74) is 11.4. The number of carboxylic acid groups (broad SMARTS) is 2. The van der Waals surface area contributed by atoms with Crippen molar-refractivity contribution in [1.82, 2.24) is 35.4 Å². The van der Waals surface area contributed by atoms with E-state index in [0.717, 1.165) is 28.0 Å². The number of anilines is 1. The molecular weight excluding hydrogens is 564 g/mol. The Morgan fingerprint density at radius 2 is 2.16 bits per heavy atom. The van der Waals surface area contributed by atoms with Crippen LogP contribution < -0.4 is 16.8 Å². The lowest BCUT2D eigenvalue weighted by Crippen LogP contribution is -2.71. The lowest BCUT2D eigenvalue weighted by molar-refractivity contribution is -0.150. The monoisotopic (exact) mass is 584 g/mol. The Kier molecular flexibility index (Phi) is 8.14. The number of thiazole rings is 1. The van der Waals surface area contributed by atoms with E-state index < -0.39 is 41.2 Å². The van der Waals surface area contributed by atoms with Gasteiger partial charge in [0.25, 0.3) is 11.8 Å². The Hall–Kier alpha value is -3.75. The number of nitrogens with two attached hydrogens (primary N) is 2. The third-order valence-electron chi connectivity index (χ3n) is 5.26. The normalized spacial score (nSPS) is 20.0. The molecule has 3 atom stereocenters. The number of carboxylic acids is 2. The molecule has 0 spiro atoms. The number of nitrogen functional groups attached to an aromatic ring is 1. The number of carbonyl (C=O) groups is 4. The smallest absolute Gasteiger partial charge is 0.352 e. The van der Waals surface area contributed by atoms with Gasteiger partial charge in [-0.05, 0) is 16.0 Å². The molecule has 2 aliphatic rings. The van der Waals surface area contributed by atoms with Crippen molar-refractivity contribution >= 4 is 69.5 Å². The first-order valence-electron chi connectivity index (χ1n) is 10.5. The molecule has 20 heteroatoms. The first kappa shape index (κ1) is 27.3. The molecule has 2 unspecified atom stereocenters. The van der Waals surface area contributed by atoms with Crippen LogP contribution in [0.4, 0.5) is 5.13 Å². The minimum Gasteiger partial charge on any atom is -0.480 e. The van der Waals surface area contributed by atoms with Gasteiger partial charge in [-0.15, -0.1) is 28.2 Å². The number of tetrazole rings is 1. The van der Waals surface area contributed by atoms with Gasteiger partial charge in [-0.1, -0.05) is 16.9 Å². The Labute approximate surface area is 225 Å². The molecule has 0 saturated carbocycles. The molecule has 1 fully saturated rings. The second-order valence-electron chi connectivity index (χ2n) is 7.69. The van der Waals surface area contributed by atoms with Gasteiger partial charge in [0.1, 0.15) is 36.0 Å². The number of aromatic nitrogens is 5. The van der Waals surface area contributed by atoms with Gasteiger partial charge in [0.05, 0.1) is 6.54 Å². The Bertz CT molecular complexity index is 1340. The second-order valence-corrected chi connectivity index (χ2v) is 10.6. The van der Waals surface area contributed by atoms with Crippen LogP contribution in [-0.4, -0.2) is 106 Å². The molecule has 2 aromatic rings. The molecule has 0 radical (unpaired) electrons. The van der Waals surface area contributed by atoms with Crippen LogP contribution in [0.15, 0.2) is 27.0 Å². The Morgan fingerprint density at radius 1 is 1.39 bits per heavy atom. The fraction of sp³-hybridized carbons (Fsp3) is 0.389. The Morgan fingerprint density at radius 3 is 2.79 bits per heavy atom. The number of thioether (sulfide) groups is 2. The van der Waals surface area contributed by atoms with Gasteiger partial charge >= 0.3 is 11.9 Å². The summed E-state index contributed by atoms with van der Waals surface area (Å²) in [6, 6.07) is -2.23. The van der Waals surface area contributed by atoms with Gasteiger partial charge < -0.3 is 31.8 Å². The highest BCUT2D eigenvalue weighted by molar-refractivity contribution is 8.01. The first-order valence-corrected chi connectivity index (χ1v) is 13.4. The summed E-state index contributed by atoms with van der Waals surface area (Å²) in [5, 5.41) is 37.5. The van der Waals surface area contributed by atoms with Crippen LogP contribution in [-0.2, 0) is 30.6 Å². The van der Waals surface area contributed by atoms with E-state index >= 15 is 0 Å². The number of carbonyl (C=O) groups excluding carboxylic acids is 2. The van der Waals surface area contributed by atoms with E-state index in [1.165, 1.54) is 28.9 Å². The van der Waals surface area contributed by atoms with E-state index in [-0.39, 0.29) is 45.4 Å². The molecule has 2 amide bonds. The van der Waals surface area contributed by atoms with E-state index in [1.54, 1.807) is 0 Å². The highest BCUT2D eigenvalue weighted by atomic mass is 32.2. The molecule has 1 saturated heterocycles. The molecule has 17 nitrogen and oxygen atoms in total. The van der Waals surface area contributed by atoms with Crippen molar-refractivity contribution in [1.29, 1.82) is 0 Å². The van der Waals surface area contributed by atoms with Crippen molar-refractivity contribution in [3.63, 3.8) is 0 Å². The minimum absolute atomic E-state index is 0.112.